The summed E-state index contributed by atoms with van der Waals surface area (Å²) in [6.45, 7) is 7.98. The number of hydrogen-bond donors (Lipinski definition) is 1. The SMILES string of the molecule is CCCCCC(C)(C)CN=C1NC2(CCCCC2)CS1. The van der Waals surface area contributed by atoms with Crippen molar-refractivity contribution >= 4 is 16.9 Å². The highest BCUT2D eigenvalue weighted by Gasteiger charge is 2.38. The summed E-state index contributed by atoms with van der Waals surface area (Å²) < 4.78 is 0. The summed E-state index contributed by atoms with van der Waals surface area (Å²) in [4.78, 5) is 4.89. The maximum Gasteiger partial charge on any atom is 0.157 e. The molecule has 0 amide bonds. The van der Waals surface area contributed by atoms with Crippen LogP contribution in [-0.2, 0) is 0 Å². The van der Waals surface area contributed by atoms with Crippen molar-refractivity contribution in [2.75, 3.05) is 12.3 Å². The highest BCUT2D eigenvalue weighted by molar-refractivity contribution is 8.14. The van der Waals surface area contributed by atoms with E-state index in [1.165, 1.54) is 68.7 Å². The van der Waals surface area contributed by atoms with Gasteiger partial charge in [0.25, 0.3) is 0 Å². The van der Waals surface area contributed by atoms with Crippen molar-refractivity contribution in [2.24, 2.45) is 10.4 Å². The fourth-order valence-electron chi connectivity index (χ4n) is 3.31. The summed E-state index contributed by atoms with van der Waals surface area (Å²) in [5.41, 5.74) is 0.751. The molecule has 2 nitrogen and oxygen atoms in total. The number of nitrogens with one attached hydrogen (secondary N) is 1. The lowest BCUT2D eigenvalue weighted by molar-refractivity contribution is 0.302. The summed E-state index contributed by atoms with van der Waals surface area (Å²) in [6.07, 6.45) is 12.2. The van der Waals surface area contributed by atoms with Crippen LogP contribution in [0.4, 0.5) is 0 Å². The first kappa shape index (κ1) is 16.2. The summed E-state index contributed by atoms with van der Waals surface area (Å²) in [7, 11) is 0. The van der Waals surface area contributed by atoms with Crippen molar-refractivity contribution in [2.45, 2.75) is 84.1 Å². The molecule has 0 atom stereocenters. The second-order valence-corrected chi connectivity index (χ2v) is 8.46. The lowest BCUT2D eigenvalue weighted by atomic mass is 9.83. The molecule has 2 aliphatic rings. The number of nitrogens with zero attached hydrogens (tertiary/aromatic N) is 1. The third-order valence-corrected chi connectivity index (χ3v) is 5.98. The van der Waals surface area contributed by atoms with E-state index in [2.05, 4.69) is 26.1 Å². The number of hydrogen-bond acceptors (Lipinski definition) is 2. The van der Waals surface area contributed by atoms with Crippen LogP contribution in [-0.4, -0.2) is 23.0 Å². The highest BCUT2D eigenvalue weighted by Crippen LogP contribution is 2.36. The number of unbranched alkanes of at least 4 members (excludes halogenated alkanes) is 2. The predicted molar refractivity (Wildman–Crippen MR) is 91.6 cm³/mol. The van der Waals surface area contributed by atoms with E-state index < -0.39 is 0 Å². The molecule has 116 valence electrons. The molecular formula is C17H32N2S. The van der Waals surface area contributed by atoms with Crippen molar-refractivity contribution < 1.29 is 0 Å². The van der Waals surface area contributed by atoms with Gasteiger partial charge in [-0.25, -0.2) is 0 Å². The van der Waals surface area contributed by atoms with Crippen molar-refractivity contribution in [3.63, 3.8) is 0 Å². The standard InChI is InChI=1S/C17H32N2S/c1-4-5-7-10-16(2,3)13-18-15-19-17(14-20-15)11-8-6-9-12-17/h4-14H2,1-3H3,(H,18,19). The van der Waals surface area contributed by atoms with E-state index in [0.29, 0.717) is 11.0 Å². The average Bonchev–Trinajstić information content (AvgIpc) is 2.81. The summed E-state index contributed by atoms with van der Waals surface area (Å²) in [5.74, 6) is 1.24. The Kier molecular flexibility index (Phi) is 5.83. The van der Waals surface area contributed by atoms with Crippen LogP contribution in [0.15, 0.2) is 4.99 Å². The average molecular weight is 297 g/mol. The van der Waals surface area contributed by atoms with E-state index in [1.807, 2.05) is 11.8 Å². The number of rotatable bonds is 6. The zero-order valence-electron chi connectivity index (χ0n) is 13.6. The molecule has 1 aliphatic carbocycles. The first-order chi connectivity index (χ1) is 9.55. The minimum Gasteiger partial charge on any atom is -0.359 e. The first-order valence-corrected chi connectivity index (χ1v) is 9.49. The Bertz CT molecular complexity index is 330. The van der Waals surface area contributed by atoms with Gasteiger partial charge in [0.1, 0.15) is 0 Å². The minimum atomic E-state index is 0.354. The van der Waals surface area contributed by atoms with E-state index in [9.17, 15) is 0 Å². The molecule has 0 radical (unpaired) electrons. The monoisotopic (exact) mass is 296 g/mol. The van der Waals surface area contributed by atoms with Crippen LogP contribution in [0.5, 0.6) is 0 Å². The Hall–Kier alpha value is -0.180. The van der Waals surface area contributed by atoms with Crippen molar-refractivity contribution in [3.8, 4) is 0 Å². The van der Waals surface area contributed by atoms with Crippen LogP contribution >= 0.6 is 11.8 Å². The molecule has 1 N–H and O–H groups in total. The molecule has 1 heterocycles. The second kappa shape index (κ2) is 7.20. The summed E-state index contributed by atoms with van der Waals surface area (Å²) in [5, 5.41) is 4.98. The molecule has 0 aromatic heterocycles. The molecule has 1 saturated carbocycles. The smallest absolute Gasteiger partial charge is 0.157 e. The predicted octanol–water partition coefficient (Wildman–Crippen LogP) is 4.99. The molecule has 0 aromatic rings. The molecule has 0 unspecified atom stereocenters. The Morgan fingerprint density at radius 2 is 1.95 bits per heavy atom. The molecule has 1 saturated heterocycles. The number of amidine groups is 1. The first-order valence-electron chi connectivity index (χ1n) is 8.51. The summed E-state index contributed by atoms with van der Waals surface area (Å²) in [6, 6.07) is 0. The maximum absolute atomic E-state index is 4.89. The van der Waals surface area contributed by atoms with E-state index in [4.69, 9.17) is 4.99 Å². The molecule has 3 heteroatoms. The lowest BCUT2D eigenvalue weighted by Gasteiger charge is -2.32. The zero-order valence-corrected chi connectivity index (χ0v) is 14.5. The van der Waals surface area contributed by atoms with Gasteiger partial charge >= 0.3 is 0 Å². The molecule has 2 rings (SSSR count). The normalized spacial score (nSPS) is 24.2. The Labute approximate surface area is 129 Å². The largest absolute Gasteiger partial charge is 0.359 e. The number of aliphatic imine (C=N–C) groups is 1. The Morgan fingerprint density at radius 1 is 1.20 bits per heavy atom. The van der Waals surface area contributed by atoms with Crippen LogP contribution in [0.25, 0.3) is 0 Å². The minimum absolute atomic E-state index is 0.354. The highest BCUT2D eigenvalue weighted by atomic mass is 32.2. The van der Waals surface area contributed by atoms with Gasteiger partial charge in [-0.05, 0) is 24.7 Å². The zero-order chi connectivity index (χ0) is 14.5. The van der Waals surface area contributed by atoms with Gasteiger partial charge in [0.15, 0.2) is 5.17 Å². The molecule has 2 fully saturated rings. The molecule has 1 spiro atoms. The van der Waals surface area contributed by atoms with Gasteiger partial charge in [-0.1, -0.05) is 71.1 Å². The van der Waals surface area contributed by atoms with E-state index in [-0.39, 0.29) is 0 Å². The van der Waals surface area contributed by atoms with Crippen molar-refractivity contribution in [1.82, 2.24) is 5.32 Å². The van der Waals surface area contributed by atoms with Crippen LogP contribution in [0, 0.1) is 5.41 Å². The van der Waals surface area contributed by atoms with Gasteiger partial charge in [0, 0.05) is 17.8 Å². The fourth-order valence-corrected chi connectivity index (χ4v) is 4.53. The van der Waals surface area contributed by atoms with Crippen LogP contribution in [0.1, 0.15) is 78.6 Å². The topological polar surface area (TPSA) is 24.4 Å². The molecule has 0 aromatic carbocycles. The van der Waals surface area contributed by atoms with Gasteiger partial charge < -0.3 is 5.32 Å². The van der Waals surface area contributed by atoms with E-state index in [1.54, 1.807) is 0 Å². The quantitative estimate of drug-likeness (QED) is 0.698. The van der Waals surface area contributed by atoms with Gasteiger partial charge in [-0.2, -0.15) is 0 Å². The number of thioether (sulfide) groups is 1. The van der Waals surface area contributed by atoms with Gasteiger partial charge in [-0.3, -0.25) is 4.99 Å². The summed E-state index contributed by atoms with van der Waals surface area (Å²) >= 11 is 1.96. The molecule has 20 heavy (non-hydrogen) atoms. The molecular weight excluding hydrogens is 264 g/mol. The molecule has 0 bridgehead atoms. The van der Waals surface area contributed by atoms with Crippen LogP contribution in [0.3, 0.4) is 0 Å². The van der Waals surface area contributed by atoms with Gasteiger partial charge in [0.05, 0.1) is 0 Å². The van der Waals surface area contributed by atoms with Crippen LogP contribution < -0.4 is 5.32 Å². The van der Waals surface area contributed by atoms with Gasteiger partial charge in [-0.15, -0.1) is 0 Å². The third-order valence-electron chi connectivity index (χ3n) is 4.78. The van der Waals surface area contributed by atoms with Gasteiger partial charge in [0.2, 0.25) is 0 Å². The maximum atomic E-state index is 4.89. The van der Waals surface area contributed by atoms with E-state index in [0.717, 1.165) is 6.54 Å². The second-order valence-electron chi connectivity index (χ2n) is 7.50. The Morgan fingerprint density at radius 3 is 2.65 bits per heavy atom. The lowest BCUT2D eigenvalue weighted by Crippen LogP contribution is -2.45. The van der Waals surface area contributed by atoms with E-state index >= 15 is 0 Å². The Balaban J connectivity index is 1.80. The van der Waals surface area contributed by atoms with Crippen molar-refractivity contribution in [3.05, 3.63) is 0 Å². The van der Waals surface area contributed by atoms with Crippen molar-refractivity contribution in [1.29, 1.82) is 0 Å². The molecule has 1 aliphatic heterocycles. The fraction of sp³-hybridized carbons (Fsp3) is 0.941. The van der Waals surface area contributed by atoms with Crippen LogP contribution in [0.2, 0.25) is 0 Å². The third kappa shape index (κ3) is 4.68.